The van der Waals surface area contributed by atoms with Crippen LogP contribution in [-0.2, 0) is 5.54 Å². The van der Waals surface area contributed by atoms with Crippen LogP contribution in [0.3, 0.4) is 0 Å². The number of hydrogen-bond donors (Lipinski definition) is 2. The zero-order valence-electron chi connectivity index (χ0n) is 15.4. The van der Waals surface area contributed by atoms with E-state index in [1.54, 1.807) is 11.3 Å². The summed E-state index contributed by atoms with van der Waals surface area (Å²) in [5.41, 5.74) is 10.7. The Morgan fingerprint density at radius 1 is 1.19 bits per heavy atom. The van der Waals surface area contributed by atoms with E-state index < -0.39 is 0 Å². The van der Waals surface area contributed by atoms with E-state index in [4.69, 9.17) is 5.73 Å². The monoisotopic (exact) mass is 377 g/mol. The molecule has 5 nitrogen and oxygen atoms in total. The number of aromatic nitrogens is 3. The lowest BCUT2D eigenvalue weighted by Crippen LogP contribution is -2.43. The molecule has 0 spiro atoms. The van der Waals surface area contributed by atoms with Crippen LogP contribution in [-0.4, -0.2) is 15.0 Å². The Balaban J connectivity index is 1.42. The molecular formula is C21H23N5S. The molecule has 3 aromatic rings. The first-order valence-electron chi connectivity index (χ1n) is 9.56. The SMILES string of the molecule is Cc1cc(Nc2nccc(C3CC3)n2)cc(-c2cnc(C3(N)CCC3)s2)c1. The van der Waals surface area contributed by atoms with Crippen LogP contribution in [0.4, 0.5) is 11.6 Å². The summed E-state index contributed by atoms with van der Waals surface area (Å²) >= 11 is 1.71. The highest BCUT2D eigenvalue weighted by Gasteiger charge is 2.37. The lowest BCUT2D eigenvalue weighted by molar-refractivity contribution is 0.253. The van der Waals surface area contributed by atoms with Gasteiger partial charge in [-0.1, -0.05) is 6.07 Å². The van der Waals surface area contributed by atoms with Crippen molar-refractivity contribution in [3.63, 3.8) is 0 Å². The molecule has 27 heavy (non-hydrogen) atoms. The van der Waals surface area contributed by atoms with Gasteiger partial charge in [0.25, 0.3) is 0 Å². The first kappa shape index (κ1) is 16.8. The van der Waals surface area contributed by atoms with Gasteiger partial charge >= 0.3 is 0 Å². The highest BCUT2D eigenvalue weighted by molar-refractivity contribution is 7.15. The molecule has 138 valence electrons. The lowest BCUT2D eigenvalue weighted by atomic mass is 9.78. The fourth-order valence-electron chi connectivity index (χ4n) is 3.58. The molecule has 0 unspecified atom stereocenters. The van der Waals surface area contributed by atoms with Crippen molar-refractivity contribution in [3.05, 3.63) is 52.9 Å². The van der Waals surface area contributed by atoms with Crippen molar-refractivity contribution < 1.29 is 0 Å². The predicted octanol–water partition coefficient (Wildman–Crippen LogP) is 4.87. The van der Waals surface area contributed by atoms with Gasteiger partial charge in [-0.05, 0) is 68.4 Å². The number of nitrogens with two attached hydrogens (primary N) is 1. The van der Waals surface area contributed by atoms with E-state index in [-0.39, 0.29) is 5.54 Å². The Morgan fingerprint density at radius 2 is 2.04 bits per heavy atom. The van der Waals surface area contributed by atoms with Crippen LogP contribution in [0.5, 0.6) is 0 Å². The molecular weight excluding hydrogens is 354 g/mol. The molecule has 0 amide bonds. The molecule has 0 atom stereocenters. The molecule has 2 aromatic heterocycles. The molecule has 2 fully saturated rings. The predicted molar refractivity (Wildman–Crippen MR) is 109 cm³/mol. The molecule has 1 aromatic carbocycles. The highest BCUT2D eigenvalue weighted by atomic mass is 32.1. The van der Waals surface area contributed by atoms with Crippen LogP contribution in [0, 0.1) is 6.92 Å². The summed E-state index contributed by atoms with van der Waals surface area (Å²) in [7, 11) is 0. The Kier molecular flexibility index (Phi) is 3.98. The average Bonchev–Trinajstić information content (AvgIpc) is 3.36. The number of nitrogens with one attached hydrogen (secondary N) is 1. The van der Waals surface area contributed by atoms with E-state index in [0.29, 0.717) is 11.9 Å². The smallest absolute Gasteiger partial charge is 0.227 e. The number of thiazole rings is 1. The van der Waals surface area contributed by atoms with Crippen LogP contribution in [0.15, 0.2) is 36.7 Å². The van der Waals surface area contributed by atoms with E-state index in [2.05, 4.69) is 45.4 Å². The molecule has 3 N–H and O–H groups in total. The first-order valence-corrected chi connectivity index (χ1v) is 10.4. The molecule has 2 heterocycles. The second-order valence-electron chi connectivity index (χ2n) is 7.83. The maximum absolute atomic E-state index is 6.44. The standard InChI is InChI=1S/C21H23N5S/c1-13-9-15(18-12-24-19(27-18)21(22)6-2-7-21)11-16(10-13)25-20-23-8-5-17(26-20)14-3-4-14/h5,8-12,14H,2-4,6-7,22H2,1H3,(H,23,25,26). The maximum atomic E-state index is 6.44. The van der Waals surface area contributed by atoms with Crippen LogP contribution < -0.4 is 11.1 Å². The van der Waals surface area contributed by atoms with E-state index in [1.807, 2.05) is 18.5 Å². The largest absolute Gasteiger partial charge is 0.324 e. The fraction of sp³-hybridized carbons (Fsp3) is 0.381. The molecule has 2 saturated carbocycles. The number of benzene rings is 1. The van der Waals surface area contributed by atoms with Crippen molar-refractivity contribution in [2.45, 2.75) is 50.5 Å². The van der Waals surface area contributed by atoms with Gasteiger partial charge < -0.3 is 11.1 Å². The Bertz CT molecular complexity index is 988. The van der Waals surface area contributed by atoms with Gasteiger partial charge in [0, 0.05) is 29.7 Å². The quantitative estimate of drug-likeness (QED) is 0.663. The summed E-state index contributed by atoms with van der Waals surface area (Å²) in [4.78, 5) is 14.8. The topological polar surface area (TPSA) is 76.7 Å². The minimum Gasteiger partial charge on any atom is -0.324 e. The molecule has 5 rings (SSSR count). The molecule has 0 aliphatic heterocycles. The zero-order valence-corrected chi connectivity index (χ0v) is 16.2. The third-order valence-electron chi connectivity index (χ3n) is 5.47. The molecule has 6 heteroatoms. The van der Waals surface area contributed by atoms with Gasteiger partial charge in [-0.25, -0.2) is 15.0 Å². The number of aryl methyl sites for hydroxylation is 1. The summed E-state index contributed by atoms with van der Waals surface area (Å²) in [5.74, 6) is 1.28. The minimum atomic E-state index is -0.203. The van der Waals surface area contributed by atoms with Gasteiger partial charge in [0.1, 0.15) is 5.01 Å². The number of nitrogens with zero attached hydrogens (tertiary/aromatic N) is 3. The van der Waals surface area contributed by atoms with Crippen LogP contribution in [0.25, 0.3) is 10.4 Å². The molecule has 2 aliphatic carbocycles. The van der Waals surface area contributed by atoms with E-state index in [1.165, 1.54) is 24.8 Å². The number of rotatable bonds is 5. The second-order valence-corrected chi connectivity index (χ2v) is 8.86. The summed E-state index contributed by atoms with van der Waals surface area (Å²) in [6.07, 6.45) is 9.54. The van der Waals surface area contributed by atoms with Crippen LogP contribution in [0.2, 0.25) is 0 Å². The number of anilines is 2. The molecule has 0 radical (unpaired) electrons. The molecule has 2 aliphatic rings. The average molecular weight is 378 g/mol. The summed E-state index contributed by atoms with van der Waals surface area (Å²) < 4.78 is 0. The van der Waals surface area contributed by atoms with Crippen LogP contribution in [0.1, 0.15) is 54.3 Å². The Labute approximate surface area is 163 Å². The molecule has 0 bridgehead atoms. The minimum absolute atomic E-state index is 0.203. The van der Waals surface area contributed by atoms with Gasteiger partial charge in [-0.15, -0.1) is 11.3 Å². The van der Waals surface area contributed by atoms with Crippen molar-refractivity contribution >= 4 is 23.0 Å². The van der Waals surface area contributed by atoms with Crippen molar-refractivity contribution in [2.75, 3.05) is 5.32 Å². The molecule has 0 saturated heterocycles. The van der Waals surface area contributed by atoms with Gasteiger partial charge in [0.2, 0.25) is 5.95 Å². The van der Waals surface area contributed by atoms with E-state index in [9.17, 15) is 0 Å². The first-order chi connectivity index (χ1) is 13.1. The highest BCUT2D eigenvalue weighted by Crippen LogP contribution is 2.42. The normalized spacial score (nSPS) is 18.1. The van der Waals surface area contributed by atoms with Gasteiger partial charge in [-0.2, -0.15) is 0 Å². The maximum Gasteiger partial charge on any atom is 0.227 e. The number of hydrogen-bond acceptors (Lipinski definition) is 6. The zero-order chi connectivity index (χ0) is 18.4. The van der Waals surface area contributed by atoms with Gasteiger partial charge in [0.05, 0.1) is 10.4 Å². The summed E-state index contributed by atoms with van der Waals surface area (Å²) in [5, 5.41) is 4.43. The summed E-state index contributed by atoms with van der Waals surface area (Å²) in [6.45, 7) is 2.11. The van der Waals surface area contributed by atoms with Gasteiger partial charge in [0.15, 0.2) is 0 Å². The second kappa shape index (κ2) is 6.39. The third kappa shape index (κ3) is 3.35. The fourth-order valence-corrected chi connectivity index (χ4v) is 4.64. The van der Waals surface area contributed by atoms with E-state index >= 15 is 0 Å². The van der Waals surface area contributed by atoms with Crippen LogP contribution >= 0.6 is 11.3 Å². The Morgan fingerprint density at radius 3 is 2.78 bits per heavy atom. The van der Waals surface area contributed by atoms with E-state index in [0.717, 1.165) is 39.7 Å². The summed E-state index contributed by atoms with van der Waals surface area (Å²) in [6, 6.07) is 8.47. The van der Waals surface area contributed by atoms with Crippen molar-refractivity contribution in [1.29, 1.82) is 0 Å². The third-order valence-corrected chi connectivity index (χ3v) is 6.73. The lowest BCUT2D eigenvalue weighted by Gasteiger charge is -2.35. The van der Waals surface area contributed by atoms with Crippen molar-refractivity contribution in [2.24, 2.45) is 5.73 Å². The van der Waals surface area contributed by atoms with Gasteiger partial charge in [-0.3, -0.25) is 0 Å². The van der Waals surface area contributed by atoms with Crippen molar-refractivity contribution in [1.82, 2.24) is 15.0 Å². The Hall–Kier alpha value is -2.31. The van der Waals surface area contributed by atoms with Crippen molar-refractivity contribution in [3.8, 4) is 10.4 Å².